The molecular weight excluding hydrogens is 292 g/mol. The van der Waals surface area contributed by atoms with Crippen molar-refractivity contribution in [2.45, 2.75) is 19.4 Å². The first-order chi connectivity index (χ1) is 11.1. The van der Waals surface area contributed by atoms with Crippen LogP contribution < -0.4 is 19.7 Å². The normalized spacial score (nSPS) is 16.0. The van der Waals surface area contributed by atoms with Crippen molar-refractivity contribution in [3.63, 3.8) is 0 Å². The molecule has 0 radical (unpaired) electrons. The van der Waals surface area contributed by atoms with E-state index in [-0.39, 0.29) is 12.1 Å². The van der Waals surface area contributed by atoms with Crippen molar-refractivity contribution in [2.75, 3.05) is 24.4 Å². The molecule has 5 heteroatoms. The van der Waals surface area contributed by atoms with Crippen LogP contribution in [0.5, 0.6) is 11.5 Å². The molecule has 1 aliphatic rings. The largest absolute Gasteiger partial charge is 0.497 e. The maximum atomic E-state index is 12.7. The summed E-state index contributed by atoms with van der Waals surface area (Å²) in [4.78, 5) is 14.5. The van der Waals surface area contributed by atoms with Gasteiger partial charge in [-0.25, -0.2) is 4.79 Å². The van der Waals surface area contributed by atoms with Gasteiger partial charge in [-0.3, -0.25) is 4.90 Å². The zero-order valence-corrected chi connectivity index (χ0v) is 13.5. The van der Waals surface area contributed by atoms with Crippen LogP contribution in [-0.4, -0.2) is 26.3 Å². The van der Waals surface area contributed by atoms with Crippen LogP contribution >= 0.6 is 0 Å². The van der Waals surface area contributed by atoms with Gasteiger partial charge in [0, 0.05) is 35.6 Å². The number of hydrogen-bond donors (Lipinski definition) is 1. The van der Waals surface area contributed by atoms with Crippen molar-refractivity contribution in [2.24, 2.45) is 0 Å². The third kappa shape index (κ3) is 2.95. The topological polar surface area (TPSA) is 50.8 Å². The Hall–Kier alpha value is -2.69. The first-order valence-corrected chi connectivity index (χ1v) is 7.53. The van der Waals surface area contributed by atoms with Gasteiger partial charge in [0.25, 0.3) is 0 Å². The Balaban J connectivity index is 1.85. The molecule has 2 aromatic rings. The van der Waals surface area contributed by atoms with Gasteiger partial charge >= 0.3 is 6.03 Å². The first-order valence-electron chi connectivity index (χ1n) is 7.53. The molecule has 1 atom stereocenters. The number of urea groups is 1. The Labute approximate surface area is 135 Å². The number of para-hydroxylation sites is 1. The molecule has 0 bridgehead atoms. The van der Waals surface area contributed by atoms with Crippen molar-refractivity contribution in [3.05, 3.63) is 48.0 Å². The fourth-order valence-electron chi connectivity index (χ4n) is 2.94. The molecule has 5 nitrogen and oxygen atoms in total. The van der Waals surface area contributed by atoms with Gasteiger partial charge in [0.2, 0.25) is 0 Å². The van der Waals surface area contributed by atoms with Gasteiger partial charge in [0.15, 0.2) is 0 Å². The molecule has 1 aliphatic heterocycles. The molecule has 3 rings (SSSR count). The fourth-order valence-corrected chi connectivity index (χ4v) is 2.94. The molecule has 0 spiro atoms. The van der Waals surface area contributed by atoms with Gasteiger partial charge in [-0.1, -0.05) is 18.2 Å². The van der Waals surface area contributed by atoms with E-state index in [1.807, 2.05) is 25.1 Å². The number of hydrogen-bond acceptors (Lipinski definition) is 3. The highest BCUT2D eigenvalue weighted by Crippen LogP contribution is 2.33. The number of nitrogens with zero attached hydrogens (tertiary/aromatic N) is 1. The molecule has 1 N–H and O–H groups in total. The van der Waals surface area contributed by atoms with Crippen molar-refractivity contribution < 1.29 is 14.3 Å². The minimum absolute atomic E-state index is 0.125. The predicted molar refractivity (Wildman–Crippen MR) is 90.7 cm³/mol. The van der Waals surface area contributed by atoms with Gasteiger partial charge in [0.1, 0.15) is 11.5 Å². The number of carbonyl (C=O) groups is 1. The van der Waals surface area contributed by atoms with Crippen molar-refractivity contribution >= 4 is 17.4 Å². The van der Waals surface area contributed by atoms with Crippen molar-refractivity contribution in [1.29, 1.82) is 0 Å². The molecule has 0 saturated carbocycles. The Morgan fingerprint density at radius 3 is 2.43 bits per heavy atom. The quantitative estimate of drug-likeness (QED) is 0.940. The summed E-state index contributed by atoms with van der Waals surface area (Å²) in [7, 11) is 3.17. The maximum absolute atomic E-state index is 12.7. The average Bonchev–Trinajstić information content (AvgIpc) is 2.90. The minimum Gasteiger partial charge on any atom is -0.497 e. The van der Waals surface area contributed by atoms with Gasteiger partial charge in [0.05, 0.1) is 14.2 Å². The van der Waals surface area contributed by atoms with Gasteiger partial charge in [-0.15, -0.1) is 0 Å². The lowest BCUT2D eigenvalue weighted by Crippen LogP contribution is -2.39. The number of methoxy groups -OCH3 is 2. The second-order valence-corrected chi connectivity index (χ2v) is 5.58. The van der Waals surface area contributed by atoms with Gasteiger partial charge < -0.3 is 14.8 Å². The van der Waals surface area contributed by atoms with Crippen LogP contribution in [0.1, 0.15) is 12.5 Å². The Morgan fingerprint density at radius 1 is 1.13 bits per heavy atom. The zero-order chi connectivity index (χ0) is 16.4. The number of anilines is 2. The summed E-state index contributed by atoms with van der Waals surface area (Å²) in [6.45, 7) is 2.05. The average molecular weight is 312 g/mol. The molecule has 1 unspecified atom stereocenters. The highest BCUT2D eigenvalue weighted by molar-refractivity contribution is 6.03. The number of benzene rings is 2. The summed E-state index contributed by atoms with van der Waals surface area (Å²) < 4.78 is 10.5. The summed E-state index contributed by atoms with van der Waals surface area (Å²) >= 11 is 0. The van der Waals surface area contributed by atoms with Crippen LogP contribution in [0.2, 0.25) is 0 Å². The van der Waals surface area contributed by atoms with E-state index in [1.54, 1.807) is 37.3 Å². The fraction of sp³-hybridized carbons (Fsp3) is 0.278. The summed E-state index contributed by atoms with van der Waals surface area (Å²) in [6, 6.07) is 13.3. The molecule has 23 heavy (non-hydrogen) atoms. The van der Waals surface area contributed by atoms with Gasteiger partial charge in [-0.2, -0.15) is 0 Å². The number of amides is 2. The summed E-state index contributed by atoms with van der Waals surface area (Å²) in [5.74, 6) is 1.27. The smallest absolute Gasteiger partial charge is 0.326 e. The van der Waals surface area contributed by atoms with E-state index >= 15 is 0 Å². The molecule has 0 aliphatic carbocycles. The third-order valence-corrected chi connectivity index (χ3v) is 4.03. The van der Waals surface area contributed by atoms with Crippen LogP contribution in [0.15, 0.2) is 42.5 Å². The maximum Gasteiger partial charge on any atom is 0.326 e. The number of carbonyl (C=O) groups excluding carboxylic acids is 1. The second kappa shape index (κ2) is 6.20. The van der Waals surface area contributed by atoms with E-state index in [4.69, 9.17) is 9.47 Å². The van der Waals surface area contributed by atoms with E-state index in [0.717, 1.165) is 12.1 Å². The molecule has 0 fully saturated rings. The highest BCUT2D eigenvalue weighted by Gasteiger charge is 2.30. The van der Waals surface area contributed by atoms with Crippen LogP contribution in [0.3, 0.4) is 0 Å². The SMILES string of the molecule is COc1cc(NC(=O)N2c3ccccc3CC2C)cc(OC)c1. The van der Waals surface area contributed by atoms with E-state index in [1.165, 1.54) is 5.56 Å². The minimum atomic E-state index is -0.155. The molecule has 0 aromatic heterocycles. The molecule has 2 aromatic carbocycles. The molecule has 1 heterocycles. The lowest BCUT2D eigenvalue weighted by molar-refractivity contribution is 0.256. The molecule has 2 amide bonds. The third-order valence-electron chi connectivity index (χ3n) is 4.03. The van der Waals surface area contributed by atoms with E-state index in [9.17, 15) is 4.79 Å². The van der Waals surface area contributed by atoms with E-state index in [0.29, 0.717) is 17.2 Å². The lowest BCUT2D eigenvalue weighted by Gasteiger charge is -2.23. The van der Waals surface area contributed by atoms with Crippen molar-refractivity contribution in [3.8, 4) is 11.5 Å². The number of rotatable bonds is 3. The van der Waals surface area contributed by atoms with Crippen LogP contribution in [-0.2, 0) is 6.42 Å². The van der Waals surface area contributed by atoms with Crippen LogP contribution in [0, 0.1) is 0 Å². The molecule has 0 saturated heterocycles. The van der Waals surface area contributed by atoms with E-state index < -0.39 is 0 Å². The van der Waals surface area contributed by atoms with Crippen LogP contribution in [0.4, 0.5) is 16.2 Å². The summed E-state index contributed by atoms with van der Waals surface area (Å²) in [5.41, 5.74) is 2.80. The van der Waals surface area contributed by atoms with E-state index in [2.05, 4.69) is 11.4 Å². The Bertz CT molecular complexity index is 708. The number of fused-ring (bicyclic) bond motifs is 1. The van der Waals surface area contributed by atoms with Gasteiger partial charge in [-0.05, 0) is 25.0 Å². The first kappa shape index (κ1) is 15.2. The summed E-state index contributed by atoms with van der Waals surface area (Å²) in [6.07, 6.45) is 0.866. The highest BCUT2D eigenvalue weighted by atomic mass is 16.5. The second-order valence-electron chi connectivity index (χ2n) is 5.58. The predicted octanol–water partition coefficient (Wildman–Crippen LogP) is 3.69. The summed E-state index contributed by atoms with van der Waals surface area (Å²) in [5, 5.41) is 2.93. The molecule has 120 valence electrons. The van der Waals surface area contributed by atoms with Crippen molar-refractivity contribution in [1.82, 2.24) is 0 Å². The Kier molecular flexibility index (Phi) is 4.10. The standard InChI is InChI=1S/C18H20N2O3/c1-12-8-13-6-4-5-7-17(13)20(12)18(21)19-14-9-15(22-2)11-16(10-14)23-3/h4-7,9-12H,8H2,1-3H3,(H,19,21). The monoisotopic (exact) mass is 312 g/mol. The zero-order valence-electron chi connectivity index (χ0n) is 13.5. The lowest BCUT2D eigenvalue weighted by atomic mass is 10.1. The van der Waals surface area contributed by atoms with Crippen LogP contribution in [0.25, 0.3) is 0 Å². The molecular formula is C18H20N2O3. The number of ether oxygens (including phenoxy) is 2. The number of nitrogens with one attached hydrogen (secondary N) is 1. The Morgan fingerprint density at radius 2 is 1.78 bits per heavy atom.